The molecule has 1 N–H and O–H groups in total. The Hall–Kier alpha value is -2.44. The number of hydrogen-bond donors (Lipinski definition) is 1. The number of benzene rings is 1. The van der Waals surface area contributed by atoms with Crippen molar-refractivity contribution in [3.8, 4) is 0 Å². The van der Waals surface area contributed by atoms with Crippen molar-refractivity contribution in [1.29, 1.82) is 0 Å². The highest BCUT2D eigenvalue weighted by molar-refractivity contribution is 5.98. The van der Waals surface area contributed by atoms with Crippen LogP contribution in [0.25, 0.3) is 10.9 Å². The fraction of sp³-hybridized carbons (Fsp3) is 0.500. The minimum Gasteiger partial charge on any atom is -0.462 e. The van der Waals surface area contributed by atoms with Crippen LogP contribution in [-0.2, 0) is 11.3 Å². The molecule has 0 spiro atoms. The number of anilines is 1. The van der Waals surface area contributed by atoms with Crippen LogP contribution >= 0.6 is 0 Å². The fourth-order valence-electron chi connectivity index (χ4n) is 3.69. The topological polar surface area (TPSA) is 60.3 Å². The van der Waals surface area contributed by atoms with Gasteiger partial charge in [0.1, 0.15) is 5.56 Å². The molecule has 1 fully saturated rings. The number of carbonyl (C=O) groups excluding carboxylic acids is 1. The number of fused-ring (bicyclic) bond motifs is 1. The van der Waals surface area contributed by atoms with Gasteiger partial charge in [-0.1, -0.05) is 19.3 Å². The van der Waals surface area contributed by atoms with E-state index in [2.05, 4.69) is 5.32 Å². The van der Waals surface area contributed by atoms with Gasteiger partial charge in [0.2, 0.25) is 5.43 Å². The number of pyridine rings is 1. The summed E-state index contributed by atoms with van der Waals surface area (Å²) in [7, 11) is 0. The Morgan fingerprint density at radius 1 is 1.26 bits per heavy atom. The third-order valence-corrected chi connectivity index (χ3v) is 5.05. The number of nitrogens with zero attached hydrogens (tertiary/aromatic N) is 1. The summed E-state index contributed by atoms with van der Waals surface area (Å²) in [6.45, 7) is 3.95. The second-order valence-corrected chi connectivity index (χ2v) is 6.80. The van der Waals surface area contributed by atoms with Gasteiger partial charge in [-0.25, -0.2) is 13.6 Å². The first-order valence-corrected chi connectivity index (χ1v) is 9.46. The zero-order valence-corrected chi connectivity index (χ0v) is 15.6. The summed E-state index contributed by atoms with van der Waals surface area (Å²) in [6, 6.07) is 0.982. The van der Waals surface area contributed by atoms with Gasteiger partial charge < -0.3 is 14.6 Å². The van der Waals surface area contributed by atoms with Gasteiger partial charge in [0.15, 0.2) is 11.6 Å². The maximum Gasteiger partial charge on any atom is 0.343 e. The lowest BCUT2D eigenvalue weighted by molar-refractivity contribution is 0.0524. The molecular weight excluding hydrogens is 354 g/mol. The molecule has 1 aromatic carbocycles. The summed E-state index contributed by atoms with van der Waals surface area (Å²) in [5.74, 6) is -2.87. The molecule has 0 atom stereocenters. The minimum atomic E-state index is -1.09. The van der Waals surface area contributed by atoms with Gasteiger partial charge in [-0.2, -0.15) is 0 Å². The summed E-state index contributed by atoms with van der Waals surface area (Å²) in [5.41, 5.74) is -0.725. The first kappa shape index (κ1) is 19.3. The molecule has 2 aromatic rings. The first-order valence-electron chi connectivity index (χ1n) is 9.46. The van der Waals surface area contributed by atoms with Crippen LogP contribution in [0.5, 0.6) is 0 Å². The fourth-order valence-corrected chi connectivity index (χ4v) is 3.69. The van der Waals surface area contributed by atoms with Crippen LogP contribution in [0.15, 0.2) is 17.1 Å². The van der Waals surface area contributed by atoms with Crippen molar-refractivity contribution in [2.24, 2.45) is 0 Å². The number of carbonyl (C=O) groups is 1. The van der Waals surface area contributed by atoms with Crippen molar-refractivity contribution in [1.82, 2.24) is 4.57 Å². The highest BCUT2D eigenvalue weighted by Crippen LogP contribution is 2.30. The number of rotatable bonds is 5. The monoisotopic (exact) mass is 378 g/mol. The number of aryl methyl sites for hydroxylation is 1. The van der Waals surface area contributed by atoms with E-state index >= 15 is 0 Å². The number of esters is 1. The smallest absolute Gasteiger partial charge is 0.343 e. The molecule has 1 saturated carbocycles. The number of nitrogens with one attached hydrogen (secondary N) is 1. The Morgan fingerprint density at radius 3 is 2.59 bits per heavy atom. The number of hydrogen-bond acceptors (Lipinski definition) is 4. The predicted molar refractivity (Wildman–Crippen MR) is 100 cm³/mol. The van der Waals surface area contributed by atoms with E-state index in [-0.39, 0.29) is 34.8 Å². The molecule has 1 aliphatic rings. The Bertz CT molecular complexity index is 918. The molecule has 0 unspecified atom stereocenters. The summed E-state index contributed by atoms with van der Waals surface area (Å²) in [4.78, 5) is 25.2. The maximum absolute atomic E-state index is 14.7. The summed E-state index contributed by atoms with van der Waals surface area (Å²) in [6.07, 6.45) is 6.12. The van der Waals surface area contributed by atoms with Crippen LogP contribution in [0.1, 0.15) is 56.3 Å². The standard InChI is InChI=1S/C20H24F2N2O3/c1-3-24-11-13(20(26)27-4-2)19(25)16-15(24)10-14(21)17(22)18(16)23-12-8-6-5-7-9-12/h10-12,23H,3-9H2,1-2H3. The van der Waals surface area contributed by atoms with E-state index in [0.717, 1.165) is 38.2 Å². The Kier molecular flexibility index (Phi) is 5.77. The van der Waals surface area contributed by atoms with Crippen molar-refractivity contribution in [3.63, 3.8) is 0 Å². The zero-order valence-electron chi connectivity index (χ0n) is 15.6. The lowest BCUT2D eigenvalue weighted by Gasteiger charge is -2.25. The van der Waals surface area contributed by atoms with Crippen molar-refractivity contribution in [3.05, 3.63) is 39.7 Å². The molecule has 0 saturated heterocycles. The van der Waals surface area contributed by atoms with Gasteiger partial charge in [0.05, 0.1) is 23.2 Å². The Labute approximate surface area is 156 Å². The third-order valence-electron chi connectivity index (χ3n) is 5.05. The molecule has 3 rings (SSSR count). The molecule has 1 heterocycles. The van der Waals surface area contributed by atoms with E-state index in [4.69, 9.17) is 4.74 Å². The molecule has 5 nitrogen and oxygen atoms in total. The average molecular weight is 378 g/mol. The number of ether oxygens (including phenoxy) is 1. The highest BCUT2D eigenvalue weighted by atomic mass is 19.2. The van der Waals surface area contributed by atoms with E-state index in [1.165, 1.54) is 6.20 Å². The zero-order chi connectivity index (χ0) is 19.6. The van der Waals surface area contributed by atoms with Gasteiger partial charge in [-0.05, 0) is 26.7 Å². The summed E-state index contributed by atoms with van der Waals surface area (Å²) in [5, 5.41) is 3.04. The first-order chi connectivity index (χ1) is 13.0. The van der Waals surface area contributed by atoms with Gasteiger partial charge in [0, 0.05) is 24.8 Å². The van der Waals surface area contributed by atoms with Gasteiger partial charge in [-0.15, -0.1) is 0 Å². The Balaban J connectivity index is 2.25. The van der Waals surface area contributed by atoms with Crippen molar-refractivity contribution >= 4 is 22.6 Å². The quantitative estimate of drug-likeness (QED) is 0.792. The molecule has 0 radical (unpaired) electrons. The van der Waals surface area contributed by atoms with Crippen LogP contribution < -0.4 is 10.7 Å². The highest BCUT2D eigenvalue weighted by Gasteiger charge is 2.25. The largest absolute Gasteiger partial charge is 0.462 e. The second kappa shape index (κ2) is 8.06. The second-order valence-electron chi connectivity index (χ2n) is 6.80. The SMILES string of the molecule is CCOC(=O)c1cn(CC)c2cc(F)c(F)c(NC3CCCCC3)c2c1=O. The number of aromatic nitrogens is 1. The number of halogens is 2. The average Bonchev–Trinajstić information content (AvgIpc) is 2.66. The molecule has 7 heteroatoms. The van der Waals surface area contributed by atoms with Gasteiger partial charge in [-0.3, -0.25) is 4.79 Å². The van der Waals surface area contributed by atoms with Crippen molar-refractivity contribution < 1.29 is 18.3 Å². The van der Waals surface area contributed by atoms with E-state index in [1.54, 1.807) is 18.4 Å². The van der Waals surface area contributed by atoms with E-state index in [9.17, 15) is 18.4 Å². The van der Waals surface area contributed by atoms with Crippen LogP contribution in [0, 0.1) is 11.6 Å². The molecule has 146 valence electrons. The Morgan fingerprint density at radius 2 is 1.96 bits per heavy atom. The molecule has 0 bridgehead atoms. The molecule has 0 amide bonds. The lowest BCUT2D eigenvalue weighted by Crippen LogP contribution is -2.26. The van der Waals surface area contributed by atoms with Crippen molar-refractivity contribution in [2.75, 3.05) is 11.9 Å². The minimum absolute atomic E-state index is 0.00752. The van der Waals surface area contributed by atoms with E-state index in [1.807, 2.05) is 0 Å². The lowest BCUT2D eigenvalue weighted by atomic mass is 9.95. The van der Waals surface area contributed by atoms with Crippen LogP contribution in [-0.4, -0.2) is 23.2 Å². The summed E-state index contributed by atoms with van der Waals surface area (Å²) < 4.78 is 35.5. The van der Waals surface area contributed by atoms with Crippen LogP contribution in [0.3, 0.4) is 0 Å². The molecule has 27 heavy (non-hydrogen) atoms. The summed E-state index contributed by atoms with van der Waals surface area (Å²) >= 11 is 0. The normalized spacial score (nSPS) is 15.1. The van der Waals surface area contributed by atoms with E-state index in [0.29, 0.717) is 6.54 Å². The third kappa shape index (κ3) is 3.68. The predicted octanol–water partition coefficient (Wildman–Crippen LogP) is 4.22. The molecular formula is C20H24F2N2O3. The molecule has 1 aliphatic carbocycles. The van der Waals surface area contributed by atoms with Gasteiger partial charge >= 0.3 is 5.97 Å². The molecule has 1 aromatic heterocycles. The van der Waals surface area contributed by atoms with E-state index < -0.39 is 23.0 Å². The van der Waals surface area contributed by atoms with Crippen LogP contribution in [0.4, 0.5) is 14.5 Å². The van der Waals surface area contributed by atoms with Crippen molar-refractivity contribution in [2.45, 2.75) is 58.5 Å². The molecule has 0 aliphatic heterocycles. The van der Waals surface area contributed by atoms with Crippen LogP contribution in [0.2, 0.25) is 0 Å². The maximum atomic E-state index is 14.7. The van der Waals surface area contributed by atoms with Gasteiger partial charge in [0.25, 0.3) is 0 Å².